The summed E-state index contributed by atoms with van der Waals surface area (Å²) in [6.45, 7) is 0.317. The van der Waals surface area contributed by atoms with E-state index in [1.54, 1.807) is 30.3 Å². The number of benzene rings is 3. The maximum atomic E-state index is 13.1. The predicted molar refractivity (Wildman–Crippen MR) is 122 cm³/mol. The number of amides is 2. The summed E-state index contributed by atoms with van der Waals surface area (Å²) in [4.78, 5) is 29.9. The second-order valence-corrected chi connectivity index (χ2v) is 7.16. The Bertz CT molecular complexity index is 1160. The van der Waals surface area contributed by atoms with Crippen LogP contribution in [0.1, 0.15) is 16.7 Å². The van der Waals surface area contributed by atoms with Gasteiger partial charge in [-0.3, -0.25) is 9.59 Å². The smallest absolute Gasteiger partial charge is 0.292 e. The van der Waals surface area contributed by atoms with E-state index < -0.39 is 0 Å². The maximum Gasteiger partial charge on any atom is 0.292 e. The number of hydrogen-bond donors (Lipinski definition) is 3. The summed E-state index contributed by atoms with van der Waals surface area (Å²) in [5.41, 5.74) is 5.59. The van der Waals surface area contributed by atoms with Crippen LogP contribution in [0.4, 0.5) is 0 Å². The van der Waals surface area contributed by atoms with Crippen LogP contribution in [0.5, 0.6) is 5.75 Å². The molecule has 0 saturated heterocycles. The minimum Gasteiger partial charge on any atom is -0.508 e. The average Bonchev–Trinajstić information content (AvgIpc) is 3.14. The molecule has 0 atom stereocenters. The van der Waals surface area contributed by atoms with Crippen molar-refractivity contribution in [1.82, 2.24) is 15.8 Å². The van der Waals surface area contributed by atoms with Crippen molar-refractivity contribution in [2.45, 2.75) is 6.54 Å². The van der Waals surface area contributed by atoms with Gasteiger partial charge in [0.05, 0.1) is 6.54 Å². The van der Waals surface area contributed by atoms with Gasteiger partial charge in [-0.1, -0.05) is 72.8 Å². The van der Waals surface area contributed by atoms with Gasteiger partial charge in [0.25, 0.3) is 5.91 Å². The van der Waals surface area contributed by atoms with E-state index in [9.17, 15) is 14.7 Å². The monoisotopic (exact) mass is 426 g/mol. The van der Waals surface area contributed by atoms with E-state index in [-0.39, 0.29) is 29.8 Å². The number of phenols is 1. The van der Waals surface area contributed by atoms with Crippen LogP contribution in [-0.2, 0) is 16.1 Å². The van der Waals surface area contributed by atoms with Gasteiger partial charge in [0, 0.05) is 12.1 Å². The highest BCUT2D eigenvalue weighted by Crippen LogP contribution is 2.21. The third kappa shape index (κ3) is 5.08. The number of carbonyl (C=O) groups excluding carboxylic acids is 2. The first kappa shape index (κ1) is 21.0. The molecule has 3 N–H and O–H groups in total. The fourth-order valence-corrected chi connectivity index (χ4v) is 3.18. The van der Waals surface area contributed by atoms with Gasteiger partial charge in [-0.25, -0.2) is 15.4 Å². The molecule has 7 heteroatoms. The minimum atomic E-state index is -0.368. The Morgan fingerprint density at radius 2 is 1.59 bits per heavy atom. The highest BCUT2D eigenvalue weighted by molar-refractivity contribution is 6.19. The van der Waals surface area contributed by atoms with Crippen LogP contribution < -0.4 is 10.7 Å². The zero-order valence-corrected chi connectivity index (χ0v) is 17.2. The summed E-state index contributed by atoms with van der Waals surface area (Å²) in [6, 6.07) is 25.4. The predicted octanol–water partition coefficient (Wildman–Crippen LogP) is 2.84. The second-order valence-electron chi connectivity index (χ2n) is 7.16. The maximum absolute atomic E-state index is 13.1. The van der Waals surface area contributed by atoms with Crippen LogP contribution in [0, 0.1) is 0 Å². The van der Waals surface area contributed by atoms with Crippen molar-refractivity contribution in [2.75, 3.05) is 6.54 Å². The van der Waals surface area contributed by atoms with Gasteiger partial charge < -0.3 is 10.4 Å². The van der Waals surface area contributed by atoms with Crippen molar-refractivity contribution in [3.8, 4) is 5.75 Å². The van der Waals surface area contributed by atoms with Crippen LogP contribution in [0.15, 0.2) is 95.6 Å². The standard InChI is InChI=1S/C25H22N4O3/c30-21-13-11-18(12-14-21)15-22-25(32)29(24(28-22)20-9-5-2-6-10-20)27-17-23(31)26-16-19-7-3-1-4-8-19/h1-15,27,30H,16-17H2,(H,26,31)/b22-15-. The fourth-order valence-electron chi connectivity index (χ4n) is 3.18. The number of nitrogens with one attached hydrogen (secondary N) is 2. The quantitative estimate of drug-likeness (QED) is 0.507. The Morgan fingerprint density at radius 1 is 0.938 bits per heavy atom. The van der Waals surface area contributed by atoms with Crippen molar-refractivity contribution < 1.29 is 14.7 Å². The topological polar surface area (TPSA) is 94.0 Å². The molecule has 0 saturated carbocycles. The molecule has 160 valence electrons. The molecule has 7 nitrogen and oxygen atoms in total. The summed E-state index contributed by atoms with van der Waals surface area (Å²) in [7, 11) is 0. The molecule has 0 aromatic heterocycles. The van der Waals surface area contributed by atoms with Crippen molar-refractivity contribution in [2.24, 2.45) is 4.99 Å². The van der Waals surface area contributed by atoms with E-state index in [1.165, 1.54) is 5.01 Å². The van der Waals surface area contributed by atoms with Gasteiger partial charge in [0.2, 0.25) is 5.91 Å². The van der Waals surface area contributed by atoms with Crippen molar-refractivity contribution in [3.05, 3.63) is 107 Å². The van der Waals surface area contributed by atoms with Gasteiger partial charge in [-0.2, -0.15) is 0 Å². The molecule has 0 unspecified atom stereocenters. The normalized spacial score (nSPS) is 14.5. The first-order valence-corrected chi connectivity index (χ1v) is 10.1. The average molecular weight is 426 g/mol. The summed E-state index contributed by atoms with van der Waals surface area (Å²) in [5, 5.41) is 13.6. The van der Waals surface area contributed by atoms with Crippen molar-refractivity contribution in [1.29, 1.82) is 0 Å². The van der Waals surface area contributed by atoms with Crippen LogP contribution >= 0.6 is 0 Å². The summed E-state index contributed by atoms with van der Waals surface area (Å²) >= 11 is 0. The van der Waals surface area contributed by atoms with Crippen LogP contribution in [0.3, 0.4) is 0 Å². The van der Waals surface area contributed by atoms with Gasteiger partial charge in [0.15, 0.2) is 5.84 Å². The van der Waals surface area contributed by atoms with Gasteiger partial charge in [-0.05, 0) is 29.3 Å². The number of hydrazine groups is 1. The minimum absolute atomic E-state index is 0.0864. The lowest BCUT2D eigenvalue weighted by Gasteiger charge is -2.19. The molecule has 32 heavy (non-hydrogen) atoms. The molecule has 1 heterocycles. The Balaban J connectivity index is 1.49. The van der Waals surface area contributed by atoms with Crippen molar-refractivity contribution >= 4 is 23.7 Å². The number of aliphatic imine (C=N–C) groups is 1. The number of amidine groups is 1. The number of phenolic OH excluding ortho intramolecular Hbond substituents is 1. The molecule has 3 aromatic carbocycles. The largest absolute Gasteiger partial charge is 0.508 e. The lowest BCUT2D eigenvalue weighted by Crippen LogP contribution is -2.48. The van der Waals surface area contributed by atoms with Crippen LogP contribution in [-0.4, -0.2) is 34.3 Å². The highest BCUT2D eigenvalue weighted by atomic mass is 16.3. The van der Waals surface area contributed by atoms with E-state index >= 15 is 0 Å². The number of nitrogens with zero attached hydrogens (tertiary/aromatic N) is 2. The molecule has 0 aliphatic carbocycles. The summed E-state index contributed by atoms with van der Waals surface area (Å²) in [6.07, 6.45) is 1.64. The first-order valence-electron chi connectivity index (χ1n) is 10.1. The molecular weight excluding hydrogens is 404 g/mol. The lowest BCUT2D eigenvalue weighted by atomic mass is 10.2. The SMILES string of the molecule is O=C(CNN1C(=O)/C(=C/c2ccc(O)cc2)N=C1c1ccccc1)NCc1ccccc1. The van der Waals surface area contributed by atoms with Crippen molar-refractivity contribution in [3.63, 3.8) is 0 Å². The molecule has 2 amide bonds. The van der Waals surface area contributed by atoms with Gasteiger partial charge in [0.1, 0.15) is 11.4 Å². The van der Waals surface area contributed by atoms with Gasteiger partial charge >= 0.3 is 0 Å². The lowest BCUT2D eigenvalue weighted by molar-refractivity contribution is -0.126. The summed E-state index contributed by atoms with van der Waals surface area (Å²) in [5.74, 6) is -0.0579. The Hall–Kier alpha value is -4.23. The zero-order valence-electron chi connectivity index (χ0n) is 17.2. The molecule has 0 fully saturated rings. The van der Waals surface area contributed by atoms with Crippen LogP contribution in [0.2, 0.25) is 0 Å². The van der Waals surface area contributed by atoms with Crippen LogP contribution in [0.25, 0.3) is 6.08 Å². The molecule has 0 bridgehead atoms. The van der Waals surface area contributed by atoms with E-state index in [0.29, 0.717) is 12.4 Å². The van der Waals surface area contributed by atoms with Gasteiger partial charge in [-0.15, -0.1) is 0 Å². The molecule has 1 aliphatic rings. The number of hydrogen-bond acceptors (Lipinski definition) is 5. The Labute approximate surface area is 185 Å². The molecular formula is C25H22N4O3. The number of carbonyl (C=O) groups is 2. The molecule has 0 radical (unpaired) electrons. The molecule has 1 aliphatic heterocycles. The number of aromatic hydroxyl groups is 1. The second kappa shape index (κ2) is 9.72. The number of rotatable bonds is 7. The van der Waals surface area contributed by atoms with E-state index in [4.69, 9.17) is 0 Å². The third-order valence-corrected chi connectivity index (χ3v) is 4.82. The van der Waals surface area contributed by atoms with E-state index in [1.807, 2.05) is 60.7 Å². The van der Waals surface area contributed by atoms with E-state index in [0.717, 1.165) is 16.7 Å². The zero-order chi connectivity index (χ0) is 22.3. The third-order valence-electron chi connectivity index (χ3n) is 4.82. The Morgan fingerprint density at radius 3 is 2.28 bits per heavy atom. The van der Waals surface area contributed by atoms with E-state index in [2.05, 4.69) is 15.7 Å². The molecule has 4 rings (SSSR count). The Kier molecular flexibility index (Phi) is 6.38. The first-order chi connectivity index (χ1) is 15.6. The fraction of sp³-hybridized carbons (Fsp3) is 0.0800. The molecule has 3 aromatic rings. The molecule has 0 spiro atoms. The highest BCUT2D eigenvalue weighted by Gasteiger charge is 2.31. The summed E-state index contributed by atoms with van der Waals surface area (Å²) < 4.78 is 0.